The van der Waals surface area contributed by atoms with Crippen LogP contribution < -0.4 is 11.4 Å². The van der Waals surface area contributed by atoms with Gasteiger partial charge in [-0.05, 0) is 12.0 Å². The highest BCUT2D eigenvalue weighted by molar-refractivity contribution is 4.73. The summed E-state index contributed by atoms with van der Waals surface area (Å²) in [5.41, 5.74) is 5.28. The molecule has 0 aliphatic heterocycles. The fourth-order valence-electron chi connectivity index (χ4n) is 0.909. The van der Waals surface area contributed by atoms with E-state index in [2.05, 4.69) is 10.2 Å². The Balaban J connectivity index is 2.77. The Morgan fingerprint density at radius 2 is 2.42 bits per heavy atom. The van der Waals surface area contributed by atoms with Gasteiger partial charge in [-0.3, -0.25) is 4.57 Å². The Kier molecular flexibility index (Phi) is 2.32. The molecule has 0 atom stereocenters. The van der Waals surface area contributed by atoms with Crippen LogP contribution in [0.15, 0.2) is 11.1 Å². The molecule has 0 amide bonds. The summed E-state index contributed by atoms with van der Waals surface area (Å²) in [5.74, 6) is 0. The molecule has 5 nitrogen and oxygen atoms in total. The molecular weight excluding hydrogens is 156 g/mol. The number of aromatic nitrogens is 3. The van der Waals surface area contributed by atoms with Crippen molar-refractivity contribution < 1.29 is 0 Å². The number of rotatable bonds is 3. The second-order valence-corrected chi connectivity index (χ2v) is 3.66. The molecule has 1 rings (SSSR count). The average molecular weight is 170 g/mol. The molecule has 0 fully saturated rings. The molecule has 12 heavy (non-hydrogen) atoms. The van der Waals surface area contributed by atoms with Gasteiger partial charge in [-0.1, -0.05) is 13.8 Å². The third-order valence-electron chi connectivity index (χ3n) is 1.77. The van der Waals surface area contributed by atoms with E-state index >= 15 is 0 Å². The third-order valence-corrected chi connectivity index (χ3v) is 1.77. The second-order valence-electron chi connectivity index (χ2n) is 3.66. The van der Waals surface area contributed by atoms with Crippen LogP contribution in [-0.4, -0.2) is 21.3 Å². The van der Waals surface area contributed by atoms with E-state index < -0.39 is 0 Å². The maximum absolute atomic E-state index is 11.0. The van der Waals surface area contributed by atoms with E-state index in [9.17, 15) is 4.79 Å². The maximum atomic E-state index is 11.0. The minimum Gasteiger partial charge on any atom is -0.330 e. The predicted octanol–water partition coefficient (Wildman–Crippen LogP) is -0.444. The van der Waals surface area contributed by atoms with Gasteiger partial charge in [-0.15, -0.1) is 0 Å². The number of nitrogens with one attached hydrogen (secondary N) is 1. The largest absolute Gasteiger partial charge is 0.343 e. The lowest BCUT2D eigenvalue weighted by Gasteiger charge is -2.21. The van der Waals surface area contributed by atoms with Crippen molar-refractivity contribution in [3.63, 3.8) is 0 Å². The van der Waals surface area contributed by atoms with Crippen LogP contribution in [-0.2, 0) is 6.54 Å². The lowest BCUT2D eigenvalue weighted by Crippen LogP contribution is -2.32. The average Bonchev–Trinajstić information content (AvgIpc) is 2.36. The topological polar surface area (TPSA) is 76.7 Å². The first-order chi connectivity index (χ1) is 5.55. The quantitative estimate of drug-likeness (QED) is 0.645. The molecule has 1 aromatic rings. The van der Waals surface area contributed by atoms with Crippen molar-refractivity contribution in [1.29, 1.82) is 0 Å². The first-order valence-corrected chi connectivity index (χ1v) is 3.85. The monoisotopic (exact) mass is 170 g/mol. The molecule has 0 aliphatic rings. The van der Waals surface area contributed by atoms with Crippen LogP contribution in [0.2, 0.25) is 0 Å². The van der Waals surface area contributed by atoms with E-state index in [0.29, 0.717) is 13.1 Å². The van der Waals surface area contributed by atoms with Gasteiger partial charge in [0.2, 0.25) is 0 Å². The number of hydrogen-bond donors (Lipinski definition) is 2. The van der Waals surface area contributed by atoms with Gasteiger partial charge in [0, 0.05) is 6.54 Å². The highest BCUT2D eigenvalue weighted by Gasteiger charge is 2.17. The van der Waals surface area contributed by atoms with Crippen molar-refractivity contribution >= 4 is 0 Å². The molecule has 0 spiro atoms. The van der Waals surface area contributed by atoms with E-state index in [1.165, 1.54) is 10.9 Å². The number of nitrogens with two attached hydrogens (primary N) is 1. The van der Waals surface area contributed by atoms with E-state index in [-0.39, 0.29) is 11.1 Å². The standard InChI is InChI=1S/C7H14N4O/c1-7(2,3-8)4-11-5-9-10-6(11)12/h5H,3-4,8H2,1-2H3,(H,10,12). The number of nitrogens with zero attached hydrogens (tertiary/aromatic N) is 2. The molecule has 1 aromatic heterocycles. The van der Waals surface area contributed by atoms with Crippen molar-refractivity contribution in [3.05, 3.63) is 16.8 Å². The maximum Gasteiger partial charge on any atom is 0.343 e. The van der Waals surface area contributed by atoms with Crippen LogP contribution in [0.1, 0.15) is 13.8 Å². The summed E-state index contributed by atoms with van der Waals surface area (Å²) < 4.78 is 1.52. The van der Waals surface area contributed by atoms with Crippen LogP contribution in [0, 0.1) is 5.41 Å². The van der Waals surface area contributed by atoms with Crippen LogP contribution in [0.3, 0.4) is 0 Å². The van der Waals surface area contributed by atoms with Gasteiger partial charge in [-0.25, -0.2) is 9.89 Å². The fourth-order valence-corrected chi connectivity index (χ4v) is 0.909. The van der Waals surface area contributed by atoms with Gasteiger partial charge in [0.25, 0.3) is 0 Å². The van der Waals surface area contributed by atoms with Crippen molar-refractivity contribution in [3.8, 4) is 0 Å². The molecule has 0 radical (unpaired) electrons. The van der Waals surface area contributed by atoms with E-state index in [0.717, 1.165) is 0 Å². The molecule has 0 bridgehead atoms. The smallest absolute Gasteiger partial charge is 0.330 e. The summed E-state index contributed by atoms with van der Waals surface area (Å²) in [6.07, 6.45) is 1.49. The van der Waals surface area contributed by atoms with Crippen LogP contribution >= 0.6 is 0 Å². The van der Waals surface area contributed by atoms with E-state index in [1.54, 1.807) is 0 Å². The summed E-state index contributed by atoms with van der Waals surface area (Å²) in [6, 6.07) is 0. The zero-order valence-corrected chi connectivity index (χ0v) is 7.37. The van der Waals surface area contributed by atoms with Crippen molar-refractivity contribution in [2.75, 3.05) is 6.54 Å². The normalized spacial score (nSPS) is 11.9. The summed E-state index contributed by atoms with van der Waals surface area (Å²) in [6.45, 7) is 5.16. The molecule has 1 heterocycles. The molecule has 0 unspecified atom stereocenters. The van der Waals surface area contributed by atoms with Crippen LogP contribution in [0.4, 0.5) is 0 Å². The summed E-state index contributed by atoms with van der Waals surface area (Å²) in [5, 5.41) is 5.96. The number of H-pyrrole nitrogens is 1. The van der Waals surface area contributed by atoms with Gasteiger partial charge in [0.1, 0.15) is 6.33 Å². The van der Waals surface area contributed by atoms with Crippen molar-refractivity contribution in [1.82, 2.24) is 14.8 Å². The zero-order valence-electron chi connectivity index (χ0n) is 7.37. The Hall–Kier alpha value is -1.10. The highest BCUT2D eigenvalue weighted by atomic mass is 16.1. The van der Waals surface area contributed by atoms with Crippen LogP contribution in [0.5, 0.6) is 0 Å². The minimum absolute atomic E-state index is 0.0618. The SMILES string of the molecule is CC(C)(CN)Cn1cn[nH]c1=O. The lowest BCUT2D eigenvalue weighted by atomic mass is 9.94. The first kappa shape index (κ1) is 8.99. The zero-order chi connectivity index (χ0) is 9.19. The Bertz CT molecular complexity index is 298. The summed E-state index contributed by atoms with van der Waals surface area (Å²) in [4.78, 5) is 11.0. The van der Waals surface area contributed by atoms with Gasteiger partial charge in [0.05, 0.1) is 0 Å². The Morgan fingerprint density at radius 3 is 2.83 bits per heavy atom. The van der Waals surface area contributed by atoms with Gasteiger partial charge in [0.15, 0.2) is 0 Å². The minimum atomic E-state index is -0.184. The third kappa shape index (κ3) is 1.94. The molecule has 3 N–H and O–H groups in total. The van der Waals surface area contributed by atoms with Gasteiger partial charge >= 0.3 is 5.69 Å². The lowest BCUT2D eigenvalue weighted by molar-refractivity contribution is 0.313. The Labute approximate surface area is 70.6 Å². The molecule has 68 valence electrons. The fraction of sp³-hybridized carbons (Fsp3) is 0.714. The molecule has 0 aromatic carbocycles. The molecule has 0 saturated carbocycles. The molecule has 5 heteroatoms. The molecule has 0 aliphatic carbocycles. The number of hydrogen-bond acceptors (Lipinski definition) is 3. The first-order valence-electron chi connectivity index (χ1n) is 3.85. The number of aromatic amines is 1. The second kappa shape index (κ2) is 3.10. The molecule has 0 saturated heterocycles. The van der Waals surface area contributed by atoms with Crippen molar-refractivity contribution in [2.24, 2.45) is 11.1 Å². The van der Waals surface area contributed by atoms with Crippen LogP contribution in [0.25, 0.3) is 0 Å². The molecular formula is C7H14N4O. The summed E-state index contributed by atoms with van der Waals surface area (Å²) in [7, 11) is 0. The summed E-state index contributed by atoms with van der Waals surface area (Å²) >= 11 is 0. The van der Waals surface area contributed by atoms with Crippen molar-refractivity contribution in [2.45, 2.75) is 20.4 Å². The van der Waals surface area contributed by atoms with E-state index in [1.807, 2.05) is 13.8 Å². The van der Waals surface area contributed by atoms with E-state index in [4.69, 9.17) is 5.73 Å². The van der Waals surface area contributed by atoms with Gasteiger partial charge in [-0.2, -0.15) is 5.10 Å². The Morgan fingerprint density at radius 1 is 1.75 bits per heavy atom. The highest BCUT2D eigenvalue weighted by Crippen LogP contribution is 2.13. The predicted molar refractivity (Wildman–Crippen MR) is 45.7 cm³/mol. The van der Waals surface area contributed by atoms with Gasteiger partial charge < -0.3 is 5.73 Å².